The largest absolute Gasteiger partial charge is 0.358 e. The lowest BCUT2D eigenvalue weighted by atomic mass is 10.3. The van der Waals surface area contributed by atoms with E-state index < -0.39 is 10.8 Å². The number of hydrogen-bond donors (Lipinski definition) is 2. The van der Waals surface area contributed by atoms with Crippen molar-refractivity contribution in [3.8, 4) is 0 Å². The maximum Gasteiger partial charge on any atom is 0.357 e. The minimum Gasteiger partial charge on any atom is -0.358 e. The van der Waals surface area contributed by atoms with Gasteiger partial charge < -0.3 is 15.4 Å². The molecule has 0 saturated heterocycles. The summed E-state index contributed by atoms with van der Waals surface area (Å²) in [6.45, 7) is 0. The second-order valence-electron chi connectivity index (χ2n) is 3.45. The molecule has 0 radical (unpaired) electrons. The maximum absolute atomic E-state index is 11.9. The Labute approximate surface area is 123 Å². The van der Waals surface area contributed by atoms with Crippen LogP contribution in [0, 0.1) is 10.1 Å². The fourth-order valence-corrected chi connectivity index (χ4v) is 2.08. The third-order valence-corrected chi connectivity index (χ3v) is 3.47. The Balaban J connectivity index is 2.21. The van der Waals surface area contributed by atoms with Crippen molar-refractivity contribution in [2.75, 3.05) is 5.32 Å². The summed E-state index contributed by atoms with van der Waals surface area (Å²) in [5.41, 5.74) is 0.486. The van der Waals surface area contributed by atoms with Crippen LogP contribution in [-0.2, 0) is 0 Å². The molecule has 0 saturated carbocycles. The highest BCUT2D eigenvalue weighted by Gasteiger charge is 2.24. The third-order valence-electron chi connectivity index (χ3n) is 2.19. The van der Waals surface area contributed by atoms with Gasteiger partial charge in [0, 0.05) is 10.2 Å². The Bertz CT molecular complexity index is 639. The number of carbonyl (C=O) groups excluding carboxylic acids is 1. The summed E-state index contributed by atoms with van der Waals surface area (Å²) < 4.78 is 0.897. The first kappa shape index (κ1) is 13.7. The van der Waals surface area contributed by atoms with Gasteiger partial charge in [0.25, 0.3) is 5.91 Å². The molecular formula is C10H6Br2N4O3. The normalized spacial score (nSPS) is 10.2. The van der Waals surface area contributed by atoms with E-state index in [1.807, 2.05) is 0 Å². The van der Waals surface area contributed by atoms with Crippen molar-refractivity contribution in [1.82, 2.24) is 10.2 Å². The predicted molar refractivity (Wildman–Crippen MR) is 75.0 cm³/mol. The van der Waals surface area contributed by atoms with Crippen LogP contribution >= 0.6 is 31.9 Å². The number of halogens is 2. The van der Waals surface area contributed by atoms with Crippen LogP contribution in [0.1, 0.15) is 10.5 Å². The number of carbonyl (C=O) groups is 1. The van der Waals surface area contributed by atoms with Crippen LogP contribution in [0.15, 0.2) is 33.2 Å². The summed E-state index contributed by atoms with van der Waals surface area (Å²) in [6, 6.07) is 6.91. The fourth-order valence-electron chi connectivity index (χ4n) is 1.31. The molecule has 0 atom stereocenters. The van der Waals surface area contributed by atoms with Crippen LogP contribution in [0.3, 0.4) is 0 Å². The molecule has 2 N–H and O–H groups in total. The standard InChI is InChI=1S/C10H6Br2N4O3/c11-5-1-3-6(4-2-5)13-10(17)8-7(12)9(15-14-8)16(18)19/h1-4H,(H,13,17)(H,14,15). The second-order valence-corrected chi connectivity index (χ2v) is 5.16. The average Bonchev–Trinajstić information content (AvgIpc) is 2.74. The zero-order valence-corrected chi connectivity index (χ0v) is 12.4. The molecule has 0 spiro atoms. The maximum atomic E-state index is 11.9. The number of hydrogen-bond acceptors (Lipinski definition) is 4. The molecule has 98 valence electrons. The first-order chi connectivity index (χ1) is 8.99. The number of nitrogens with one attached hydrogen (secondary N) is 2. The van der Waals surface area contributed by atoms with Crippen molar-refractivity contribution in [1.29, 1.82) is 0 Å². The molecule has 1 amide bonds. The van der Waals surface area contributed by atoms with Crippen molar-refractivity contribution < 1.29 is 9.72 Å². The molecule has 2 aromatic rings. The van der Waals surface area contributed by atoms with Crippen LogP contribution in [0.2, 0.25) is 0 Å². The lowest BCUT2D eigenvalue weighted by Crippen LogP contribution is -2.12. The molecule has 2 rings (SSSR count). The number of rotatable bonds is 3. The summed E-state index contributed by atoms with van der Waals surface area (Å²) in [5.74, 6) is -0.903. The van der Waals surface area contributed by atoms with E-state index in [1.54, 1.807) is 24.3 Å². The molecule has 7 nitrogen and oxygen atoms in total. The van der Waals surface area contributed by atoms with Crippen LogP contribution in [-0.4, -0.2) is 21.0 Å². The quantitative estimate of drug-likeness (QED) is 0.622. The molecule has 0 fully saturated rings. The van der Waals surface area contributed by atoms with E-state index in [0.717, 1.165) is 4.47 Å². The molecular weight excluding hydrogens is 384 g/mol. The smallest absolute Gasteiger partial charge is 0.357 e. The Hall–Kier alpha value is -1.74. The van der Waals surface area contributed by atoms with E-state index in [4.69, 9.17) is 0 Å². The van der Waals surface area contributed by atoms with Gasteiger partial charge in [0.2, 0.25) is 0 Å². The Morgan fingerprint density at radius 2 is 1.95 bits per heavy atom. The van der Waals surface area contributed by atoms with E-state index in [2.05, 4.69) is 47.4 Å². The zero-order valence-electron chi connectivity index (χ0n) is 9.18. The van der Waals surface area contributed by atoms with Gasteiger partial charge in [-0.05, 0) is 45.1 Å². The molecule has 0 aliphatic heterocycles. The van der Waals surface area contributed by atoms with Crippen LogP contribution in [0.25, 0.3) is 0 Å². The first-order valence-corrected chi connectivity index (χ1v) is 6.53. The second kappa shape index (κ2) is 5.49. The van der Waals surface area contributed by atoms with E-state index in [9.17, 15) is 14.9 Å². The summed E-state index contributed by atoms with van der Waals surface area (Å²) in [4.78, 5) is 21.9. The number of aromatic nitrogens is 2. The number of anilines is 1. The van der Waals surface area contributed by atoms with Crippen LogP contribution in [0.4, 0.5) is 11.5 Å². The number of H-pyrrole nitrogens is 1. The van der Waals surface area contributed by atoms with Gasteiger partial charge in [-0.25, -0.2) is 0 Å². The van der Waals surface area contributed by atoms with Gasteiger partial charge >= 0.3 is 5.82 Å². The summed E-state index contributed by atoms with van der Waals surface area (Å²) in [5, 5.41) is 19.0. The molecule has 9 heteroatoms. The highest BCUT2D eigenvalue weighted by atomic mass is 79.9. The third kappa shape index (κ3) is 2.99. The summed E-state index contributed by atoms with van der Waals surface area (Å²) in [7, 11) is 0. The van der Waals surface area contributed by atoms with Gasteiger partial charge in [0.1, 0.15) is 4.47 Å². The first-order valence-electron chi connectivity index (χ1n) is 4.94. The fraction of sp³-hybridized carbons (Fsp3) is 0. The van der Waals surface area contributed by atoms with Gasteiger partial charge in [-0.1, -0.05) is 21.0 Å². The van der Waals surface area contributed by atoms with E-state index in [0.29, 0.717) is 5.69 Å². The topological polar surface area (TPSA) is 101 Å². The van der Waals surface area contributed by atoms with E-state index in [-0.39, 0.29) is 16.0 Å². The van der Waals surface area contributed by atoms with E-state index in [1.165, 1.54) is 0 Å². The van der Waals surface area contributed by atoms with E-state index >= 15 is 0 Å². The van der Waals surface area contributed by atoms with Crippen LogP contribution in [0.5, 0.6) is 0 Å². The summed E-state index contributed by atoms with van der Waals surface area (Å²) in [6.07, 6.45) is 0. The number of benzene rings is 1. The number of amides is 1. The average molecular weight is 390 g/mol. The number of nitro groups is 1. The molecule has 0 unspecified atom stereocenters. The SMILES string of the molecule is O=C(Nc1ccc(Br)cc1)c1n[nH]c([N+](=O)[O-])c1Br. The molecule has 0 aliphatic rings. The Kier molecular flexibility index (Phi) is 3.96. The van der Waals surface area contributed by atoms with Gasteiger partial charge in [0.05, 0.1) is 0 Å². The number of nitrogens with zero attached hydrogens (tertiary/aromatic N) is 2. The minimum atomic E-state index is -0.659. The van der Waals surface area contributed by atoms with Crippen molar-refractivity contribution in [3.05, 3.63) is 49.0 Å². The zero-order chi connectivity index (χ0) is 14.0. The highest BCUT2D eigenvalue weighted by Crippen LogP contribution is 2.26. The monoisotopic (exact) mass is 388 g/mol. The lowest BCUT2D eigenvalue weighted by molar-refractivity contribution is -0.390. The van der Waals surface area contributed by atoms with Gasteiger partial charge in [0.15, 0.2) is 5.69 Å². The predicted octanol–water partition coefficient (Wildman–Crippen LogP) is 3.10. The molecule has 0 aliphatic carbocycles. The van der Waals surface area contributed by atoms with Crippen molar-refractivity contribution in [2.24, 2.45) is 0 Å². The Morgan fingerprint density at radius 3 is 2.47 bits per heavy atom. The Morgan fingerprint density at radius 1 is 1.32 bits per heavy atom. The molecule has 0 bridgehead atoms. The number of aromatic amines is 1. The minimum absolute atomic E-state index is 0.0205. The molecule has 1 aromatic heterocycles. The highest BCUT2D eigenvalue weighted by molar-refractivity contribution is 9.11. The molecule has 1 heterocycles. The summed E-state index contributed by atoms with van der Waals surface area (Å²) >= 11 is 6.25. The van der Waals surface area contributed by atoms with Gasteiger partial charge in [-0.3, -0.25) is 4.79 Å². The molecule has 19 heavy (non-hydrogen) atoms. The lowest BCUT2D eigenvalue weighted by Gasteiger charge is -2.02. The van der Waals surface area contributed by atoms with Crippen LogP contribution < -0.4 is 5.32 Å². The van der Waals surface area contributed by atoms with Gasteiger partial charge in [-0.2, -0.15) is 0 Å². The van der Waals surface area contributed by atoms with Gasteiger partial charge in [-0.15, -0.1) is 5.10 Å². The van der Waals surface area contributed by atoms with Crippen molar-refractivity contribution in [2.45, 2.75) is 0 Å². The van der Waals surface area contributed by atoms with Crippen molar-refractivity contribution in [3.63, 3.8) is 0 Å². The molecule has 1 aromatic carbocycles. The van der Waals surface area contributed by atoms with Crippen molar-refractivity contribution >= 4 is 49.3 Å².